The van der Waals surface area contributed by atoms with E-state index in [9.17, 15) is 19.5 Å². The van der Waals surface area contributed by atoms with Crippen molar-refractivity contribution < 1.29 is 14.7 Å². The summed E-state index contributed by atoms with van der Waals surface area (Å²) in [4.78, 5) is 45.0. The van der Waals surface area contributed by atoms with E-state index in [0.29, 0.717) is 22.8 Å². The summed E-state index contributed by atoms with van der Waals surface area (Å²) in [5, 5.41) is 13.7. The van der Waals surface area contributed by atoms with Crippen LogP contribution in [0.25, 0.3) is 11.1 Å². The van der Waals surface area contributed by atoms with E-state index in [1.807, 2.05) is 24.3 Å². The summed E-state index contributed by atoms with van der Waals surface area (Å²) in [5.74, 6) is -1.41. The number of fused-ring (bicyclic) bond motifs is 3. The maximum absolute atomic E-state index is 13.4. The molecule has 2 N–H and O–H groups in total. The second-order valence-corrected chi connectivity index (χ2v) is 9.37. The molecule has 180 valence electrons. The van der Waals surface area contributed by atoms with Crippen molar-refractivity contribution in [1.82, 2.24) is 19.8 Å². The van der Waals surface area contributed by atoms with E-state index in [1.54, 1.807) is 41.2 Å². The molecule has 4 heterocycles. The molecule has 35 heavy (non-hydrogen) atoms. The molecule has 4 atom stereocenters. The van der Waals surface area contributed by atoms with E-state index >= 15 is 0 Å². The van der Waals surface area contributed by atoms with Gasteiger partial charge in [-0.3, -0.25) is 19.4 Å². The first kappa shape index (κ1) is 23.3. The zero-order valence-corrected chi connectivity index (χ0v) is 19.9. The lowest BCUT2D eigenvalue weighted by atomic mass is 9.88. The highest BCUT2D eigenvalue weighted by Crippen LogP contribution is 2.49. The first-order chi connectivity index (χ1) is 16.9. The number of aliphatic hydroxyl groups excluding tert-OH is 1. The van der Waals surface area contributed by atoms with Crippen LogP contribution in [0.1, 0.15) is 24.2 Å². The number of nitrogens with zero attached hydrogens (tertiary/aromatic N) is 3. The highest BCUT2D eigenvalue weighted by Gasteiger charge is 2.56. The third-order valence-electron chi connectivity index (χ3n) is 7.11. The first-order valence-electron chi connectivity index (χ1n) is 11.5. The van der Waals surface area contributed by atoms with E-state index in [0.717, 1.165) is 11.1 Å². The summed E-state index contributed by atoms with van der Waals surface area (Å²) in [5.41, 5.74) is 2.57. The molecule has 2 aliphatic heterocycles. The van der Waals surface area contributed by atoms with Gasteiger partial charge < -0.3 is 19.9 Å². The fraction of sp³-hybridized carbons (Fsp3) is 0.308. The van der Waals surface area contributed by atoms with E-state index in [2.05, 4.69) is 10.3 Å². The summed E-state index contributed by atoms with van der Waals surface area (Å²) in [6, 6.07) is 13.0. The van der Waals surface area contributed by atoms with Crippen LogP contribution >= 0.6 is 11.6 Å². The topological polar surface area (TPSA) is 105 Å². The molecule has 0 unspecified atom stereocenters. The van der Waals surface area contributed by atoms with Gasteiger partial charge in [-0.1, -0.05) is 29.8 Å². The van der Waals surface area contributed by atoms with E-state index < -0.39 is 18.0 Å². The third kappa shape index (κ3) is 3.92. The van der Waals surface area contributed by atoms with Crippen molar-refractivity contribution in [2.75, 3.05) is 6.61 Å². The quantitative estimate of drug-likeness (QED) is 0.569. The van der Waals surface area contributed by atoms with Crippen LogP contribution < -0.4 is 10.9 Å². The maximum Gasteiger partial charge on any atom is 0.258 e. The summed E-state index contributed by atoms with van der Waals surface area (Å²) in [6.07, 6.45) is 3.26. The van der Waals surface area contributed by atoms with Crippen LogP contribution in [0.5, 0.6) is 0 Å². The average Bonchev–Trinajstić information content (AvgIpc) is 3.39. The van der Waals surface area contributed by atoms with Crippen molar-refractivity contribution >= 4 is 23.4 Å². The van der Waals surface area contributed by atoms with Gasteiger partial charge in [-0.15, -0.1) is 0 Å². The average molecular weight is 493 g/mol. The standard InChI is InChI=1S/C26H25ClN4O4/c1-15(33)31-23-19(13-30-22(23)7-6-18(26(30)35)16-8-10-28-11-9-16)20(14-32)24(31)25(34)29-12-17-4-2-3-5-21(17)27/h2-11,19-20,23-24,32H,12-14H2,1H3,(H,29,34)/t19-,20-,23+,24-/m0/s1. The molecule has 3 aromatic rings. The number of likely N-dealkylation sites (tertiary alicyclic amines) is 1. The van der Waals surface area contributed by atoms with Crippen molar-refractivity contribution in [3.05, 3.63) is 87.6 Å². The zero-order chi connectivity index (χ0) is 24.7. The molecule has 1 aromatic carbocycles. The number of rotatable bonds is 5. The lowest BCUT2D eigenvalue weighted by Crippen LogP contribution is -2.49. The van der Waals surface area contributed by atoms with Crippen LogP contribution in [0.2, 0.25) is 5.02 Å². The molecule has 1 saturated heterocycles. The minimum absolute atomic E-state index is 0.164. The molecular formula is C26H25ClN4O4. The largest absolute Gasteiger partial charge is 0.396 e. The van der Waals surface area contributed by atoms with Gasteiger partial charge in [0.2, 0.25) is 11.8 Å². The second kappa shape index (κ2) is 9.28. The Morgan fingerprint density at radius 1 is 1.14 bits per heavy atom. The summed E-state index contributed by atoms with van der Waals surface area (Å²) < 4.78 is 1.67. The Labute approximate surface area is 207 Å². The molecule has 0 bridgehead atoms. The number of pyridine rings is 2. The number of hydrogen-bond acceptors (Lipinski definition) is 5. The molecule has 0 spiro atoms. The van der Waals surface area contributed by atoms with E-state index in [-0.39, 0.29) is 36.4 Å². The summed E-state index contributed by atoms with van der Waals surface area (Å²) >= 11 is 6.22. The molecule has 2 amide bonds. The lowest BCUT2D eigenvalue weighted by molar-refractivity contribution is -0.140. The molecule has 2 aliphatic rings. The fourth-order valence-corrected chi connectivity index (χ4v) is 5.73. The fourth-order valence-electron chi connectivity index (χ4n) is 5.53. The third-order valence-corrected chi connectivity index (χ3v) is 7.48. The predicted octanol–water partition coefficient (Wildman–Crippen LogP) is 2.39. The Balaban J connectivity index is 1.48. The number of carbonyl (C=O) groups is 2. The number of aliphatic hydroxyl groups is 1. The minimum Gasteiger partial charge on any atom is -0.396 e. The molecule has 5 rings (SSSR count). The number of halogens is 1. The molecule has 8 nitrogen and oxygen atoms in total. The molecule has 2 aromatic heterocycles. The number of carbonyl (C=O) groups excluding carboxylic acids is 2. The molecule has 0 saturated carbocycles. The number of nitrogens with one attached hydrogen (secondary N) is 1. The number of amides is 2. The van der Waals surface area contributed by atoms with Crippen LogP contribution in [-0.4, -0.2) is 44.0 Å². The molecule has 0 radical (unpaired) electrons. The van der Waals surface area contributed by atoms with Gasteiger partial charge in [0.1, 0.15) is 6.04 Å². The van der Waals surface area contributed by atoms with Crippen molar-refractivity contribution in [3.63, 3.8) is 0 Å². The number of hydrogen-bond donors (Lipinski definition) is 2. The number of benzene rings is 1. The van der Waals surface area contributed by atoms with Crippen molar-refractivity contribution in [2.24, 2.45) is 11.8 Å². The van der Waals surface area contributed by atoms with Crippen LogP contribution in [0.3, 0.4) is 0 Å². The monoisotopic (exact) mass is 492 g/mol. The Bertz CT molecular complexity index is 1340. The molecular weight excluding hydrogens is 468 g/mol. The van der Waals surface area contributed by atoms with Gasteiger partial charge in [0, 0.05) is 67.1 Å². The lowest BCUT2D eigenvalue weighted by Gasteiger charge is -2.30. The highest BCUT2D eigenvalue weighted by molar-refractivity contribution is 6.31. The number of aromatic nitrogens is 2. The SMILES string of the molecule is CC(=O)N1[C@H](C(=O)NCc2ccccc2Cl)[C@@H](CO)[C@@H]2Cn3c(ccc(-c4ccncc4)c3=O)[C@@H]21. The summed E-state index contributed by atoms with van der Waals surface area (Å²) in [6.45, 7) is 1.66. The van der Waals surface area contributed by atoms with Crippen LogP contribution in [-0.2, 0) is 22.7 Å². The normalized spacial score (nSPS) is 22.5. The van der Waals surface area contributed by atoms with Gasteiger partial charge in [0.15, 0.2) is 0 Å². The van der Waals surface area contributed by atoms with Crippen molar-refractivity contribution in [3.8, 4) is 11.1 Å². The Morgan fingerprint density at radius 2 is 1.89 bits per heavy atom. The van der Waals surface area contributed by atoms with Gasteiger partial charge in [-0.25, -0.2) is 0 Å². The van der Waals surface area contributed by atoms with Gasteiger partial charge in [0.05, 0.1) is 6.04 Å². The van der Waals surface area contributed by atoms with E-state index in [4.69, 9.17) is 11.6 Å². The Hall–Kier alpha value is -3.49. The van der Waals surface area contributed by atoms with Crippen molar-refractivity contribution in [1.29, 1.82) is 0 Å². The molecule has 1 fully saturated rings. The second-order valence-electron chi connectivity index (χ2n) is 8.96. The molecule has 9 heteroatoms. The highest BCUT2D eigenvalue weighted by atomic mass is 35.5. The smallest absolute Gasteiger partial charge is 0.258 e. The Morgan fingerprint density at radius 3 is 2.57 bits per heavy atom. The minimum atomic E-state index is -0.848. The van der Waals surface area contributed by atoms with Gasteiger partial charge >= 0.3 is 0 Å². The van der Waals surface area contributed by atoms with Crippen LogP contribution in [0.4, 0.5) is 0 Å². The van der Waals surface area contributed by atoms with Crippen molar-refractivity contribution in [2.45, 2.75) is 32.1 Å². The van der Waals surface area contributed by atoms with Gasteiger partial charge in [-0.2, -0.15) is 0 Å². The van der Waals surface area contributed by atoms with Crippen LogP contribution in [0.15, 0.2) is 65.7 Å². The zero-order valence-electron chi connectivity index (χ0n) is 19.1. The first-order valence-corrected chi connectivity index (χ1v) is 11.8. The maximum atomic E-state index is 13.4. The van der Waals surface area contributed by atoms with E-state index in [1.165, 1.54) is 11.8 Å². The molecule has 0 aliphatic carbocycles. The summed E-state index contributed by atoms with van der Waals surface area (Å²) in [7, 11) is 0. The predicted molar refractivity (Wildman–Crippen MR) is 130 cm³/mol. The Kier molecular flexibility index (Phi) is 6.17. The van der Waals surface area contributed by atoms with Gasteiger partial charge in [-0.05, 0) is 41.5 Å². The van der Waals surface area contributed by atoms with Crippen LogP contribution in [0, 0.1) is 11.8 Å². The van der Waals surface area contributed by atoms with Gasteiger partial charge in [0.25, 0.3) is 5.56 Å².